The second-order valence-electron chi connectivity index (χ2n) is 6.88. The first-order valence-electron chi connectivity index (χ1n) is 6.68. The topological polar surface area (TPSA) is 26.0 Å². The molecule has 2 N–H and O–H groups in total. The Bertz CT molecular complexity index is 448. The second-order valence-corrected chi connectivity index (χ2v) is 7.29. The lowest BCUT2D eigenvalue weighted by Crippen LogP contribution is -2.28. The predicted molar refractivity (Wildman–Crippen MR) is 78.9 cm³/mol. The minimum absolute atomic E-state index is 0.190. The molecule has 18 heavy (non-hydrogen) atoms. The fraction of sp³-hybridized carbons (Fsp3) is 0.625. The van der Waals surface area contributed by atoms with Gasteiger partial charge in [-0.3, -0.25) is 0 Å². The third-order valence-corrected chi connectivity index (χ3v) is 5.58. The van der Waals surface area contributed by atoms with Gasteiger partial charge in [0.1, 0.15) is 0 Å². The highest BCUT2D eigenvalue weighted by Gasteiger charge is 2.66. The highest BCUT2D eigenvalue weighted by molar-refractivity contribution is 6.31. The van der Waals surface area contributed by atoms with Crippen LogP contribution >= 0.6 is 11.6 Å². The molecule has 1 saturated carbocycles. The van der Waals surface area contributed by atoms with E-state index in [-0.39, 0.29) is 6.04 Å². The molecular weight excluding hydrogens is 242 g/mol. The largest absolute Gasteiger partial charge is 0.327 e. The molecule has 1 aromatic rings. The van der Waals surface area contributed by atoms with Gasteiger partial charge in [0, 0.05) is 11.1 Å². The van der Waals surface area contributed by atoms with Crippen molar-refractivity contribution in [2.45, 2.75) is 47.1 Å². The maximum absolute atomic E-state index is 6.41. The first kappa shape index (κ1) is 13.9. The summed E-state index contributed by atoms with van der Waals surface area (Å²) in [5.41, 5.74) is 9.46. The van der Waals surface area contributed by atoms with Gasteiger partial charge < -0.3 is 5.73 Å². The first-order chi connectivity index (χ1) is 8.18. The molecule has 1 fully saturated rings. The molecule has 2 rings (SSSR count). The molecule has 1 aromatic carbocycles. The number of nitrogens with two attached hydrogens (primary N) is 1. The van der Waals surface area contributed by atoms with Crippen LogP contribution in [0.3, 0.4) is 0 Å². The summed E-state index contributed by atoms with van der Waals surface area (Å²) in [4.78, 5) is 0. The zero-order valence-corrected chi connectivity index (χ0v) is 12.8. The fourth-order valence-electron chi connectivity index (χ4n) is 3.51. The Morgan fingerprint density at radius 3 is 2.22 bits per heavy atom. The Morgan fingerprint density at radius 1 is 1.22 bits per heavy atom. The van der Waals surface area contributed by atoms with E-state index in [0.717, 1.165) is 11.4 Å². The minimum Gasteiger partial charge on any atom is -0.327 e. The normalized spacial score (nSPS) is 22.8. The molecule has 0 heterocycles. The molecule has 1 atom stereocenters. The van der Waals surface area contributed by atoms with Gasteiger partial charge in [0.2, 0.25) is 0 Å². The number of hydrogen-bond acceptors (Lipinski definition) is 1. The van der Waals surface area contributed by atoms with E-state index in [0.29, 0.717) is 16.7 Å². The van der Waals surface area contributed by atoms with Gasteiger partial charge in [-0.1, -0.05) is 51.4 Å². The smallest absolute Gasteiger partial charge is 0.0441 e. The molecule has 1 aliphatic rings. The Morgan fingerprint density at radius 2 is 1.78 bits per heavy atom. The van der Waals surface area contributed by atoms with Crippen LogP contribution in [0.15, 0.2) is 18.2 Å². The summed E-state index contributed by atoms with van der Waals surface area (Å²) >= 11 is 6.29. The van der Waals surface area contributed by atoms with Gasteiger partial charge in [0.15, 0.2) is 0 Å². The maximum atomic E-state index is 6.41. The molecule has 0 aliphatic heterocycles. The Balaban J connectivity index is 2.12. The summed E-state index contributed by atoms with van der Waals surface area (Å²) in [7, 11) is 0. The number of aryl methyl sites for hydroxylation is 1. The van der Waals surface area contributed by atoms with Crippen LogP contribution in [-0.2, 0) is 6.42 Å². The minimum atomic E-state index is 0.190. The third kappa shape index (κ3) is 2.08. The lowest BCUT2D eigenvalue weighted by Gasteiger charge is -2.15. The molecule has 1 aliphatic carbocycles. The summed E-state index contributed by atoms with van der Waals surface area (Å²) in [6.45, 7) is 11.3. The number of benzene rings is 1. The van der Waals surface area contributed by atoms with Gasteiger partial charge in [0.05, 0.1) is 0 Å². The second kappa shape index (κ2) is 4.25. The van der Waals surface area contributed by atoms with Crippen LogP contribution in [0, 0.1) is 23.7 Å². The molecule has 0 spiro atoms. The van der Waals surface area contributed by atoms with E-state index in [1.165, 1.54) is 11.1 Å². The molecular formula is C16H24ClN. The van der Waals surface area contributed by atoms with E-state index < -0.39 is 0 Å². The molecule has 0 amide bonds. The van der Waals surface area contributed by atoms with Gasteiger partial charge in [-0.2, -0.15) is 0 Å². The molecule has 1 nitrogen and oxygen atoms in total. The first-order valence-corrected chi connectivity index (χ1v) is 7.06. The van der Waals surface area contributed by atoms with Crippen LogP contribution in [-0.4, -0.2) is 6.04 Å². The van der Waals surface area contributed by atoms with E-state index in [9.17, 15) is 0 Å². The number of halogens is 1. The monoisotopic (exact) mass is 265 g/mol. The molecule has 0 radical (unpaired) electrons. The molecule has 100 valence electrons. The molecule has 0 aromatic heterocycles. The highest BCUT2D eigenvalue weighted by Crippen LogP contribution is 2.69. The van der Waals surface area contributed by atoms with Gasteiger partial charge in [0.25, 0.3) is 0 Å². The van der Waals surface area contributed by atoms with Crippen LogP contribution in [0.1, 0.15) is 38.8 Å². The number of hydrogen-bond donors (Lipinski definition) is 1. The van der Waals surface area contributed by atoms with Crippen LogP contribution in [0.25, 0.3) is 0 Å². The lowest BCUT2D eigenvalue weighted by atomic mass is 9.97. The van der Waals surface area contributed by atoms with E-state index in [4.69, 9.17) is 17.3 Å². The van der Waals surface area contributed by atoms with Crippen molar-refractivity contribution >= 4 is 11.6 Å². The van der Waals surface area contributed by atoms with Crippen molar-refractivity contribution in [1.29, 1.82) is 0 Å². The summed E-state index contributed by atoms with van der Waals surface area (Å²) in [6, 6.07) is 6.43. The van der Waals surface area contributed by atoms with Gasteiger partial charge in [-0.05, 0) is 47.3 Å². The third-order valence-electron chi connectivity index (χ3n) is 5.22. The standard InChI is InChI=1S/C16H24ClN/c1-10-6-7-11(12(17)8-10)9-13(18)14-15(2,3)16(14,4)5/h6-8,13-14H,9,18H2,1-5H3. The van der Waals surface area contributed by atoms with Crippen molar-refractivity contribution in [1.82, 2.24) is 0 Å². The maximum Gasteiger partial charge on any atom is 0.0441 e. The van der Waals surface area contributed by atoms with Crippen molar-refractivity contribution in [3.63, 3.8) is 0 Å². The zero-order valence-electron chi connectivity index (χ0n) is 12.0. The quantitative estimate of drug-likeness (QED) is 0.871. The van der Waals surface area contributed by atoms with Gasteiger partial charge in [-0.25, -0.2) is 0 Å². The summed E-state index contributed by atoms with van der Waals surface area (Å²) < 4.78 is 0. The zero-order chi connectivity index (χ0) is 13.7. The van der Waals surface area contributed by atoms with Gasteiger partial charge in [-0.15, -0.1) is 0 Å². The summed E-state index contributed by atoms with van der Waals surface area (Å²) in [5.74, 6) is 0.572. The van der Waals surface area contributed by atoms with Crippen LogP contribution in [0.5, 0.6) is 0 Å². The van der Waals surface area contributed by atoms with Crippen LogP contribution < -0.4 is 5.73 Å². The van der Waals surface area contributed by atoms with Crippen molar-refractivity contribution in [3.8, 4) is 0 Å². The predicted octanol–water partition coefficient (Wildman–Crippen LogP) is 4.20. The number of rotatable bonds is 3. The Hall–Kier alpha value is -0.530. The molecule has 2 heteroatoms. The van der Waals surface area contributed by atoms with Crippen LogP contribution in [0.4, 0.5) is 0 Å². The van der Waals surface area contributed by atoms with E-state index in [1.807, 2.05) is 6.07 Å². The Labute approximate surface area is 116 Å². The lowest BCUT2D eigenvalue weighted by molar-refractivity contribution is 0.457. The van der Waals surface area contributed by atoms with E-state index in [1.54, 1.807) is 0 Å². The van der Waals surface area contributed by atoms with E-state index in [2.05, 4.69) is 46.8 Å². The summed E-state index contributed by atoms with van der Waals surface area (Å²) in [5, 5.41) is 0.849. The van der Waals surface area contributed by atoms with Gasteiger partial charge >= 0.3 is 0 Å². The van der Waals surface area contributed by atoms with Crippen molar-refractivity contribution in [2.75, 3.05) is 0 Å². The fourth-order valence-corrected chi connectivity index (χ4v) is 3.82. The summed E-state index contributed by atoms with van der Waals surface area (Å²) in [6.07, 6.45) is 0.872. The SMILES string of the molecule is Cc1ccc(CC(N)C2C(C)(C)C2(C)C)c(Cl)c1. The molecule has 0 bridgehead atoms. The average Bonchev–Trinajstić information content (AvgIpc) is 2.62. The average molecular weight is 266 g/mol. The van der Waals surface area contributed by atoms with Crippen molar-refractivity contribution in [2.24, 2.45) is 22.5 Å². The molecule has 1 unspecified atom stereocenters. The Kier molecular flexibility index (Phi) is 3.28. The molecule has 0 saturated heterocycles. The highest BCUT2D eigenvalue weighted by atomic mass is 35.5. The van der Waals surface area contributed by atoms with Crippen LogP contribution in [0.2, 0.25) is 5.02 Å². The van der Waals surface area contributed by atoms with Crippen molar-refractivity contribution < 1.29 is 0 Å². The van der Waals surface area contributed by atoms with E-state index >= 15 is 0 Å². The van der Waals surface area contributed by atoms with Crippen molar-refractivity contribution in [3.05, 3.63) is 34.3 Å².